The van der Waals surface area contributed by atoms with Crippen LogP contribution in [0.15, 0.2) is 24.3 Å². The van der Waals surface area contributed by atoms with Crippen LogP contribution in [-0.4, -0.2) is 39.5 Å². The summed E-state index contributed by atoms with van der Waals surface area (Å²) in [6, 6.07) is 8.95. The molecular formula is C17H26ClNO2. The lowest BCUT2D eigenvalue weighted by atomic mass is 9.96. The molecule has 2 rings (SSSR count). The van der Waals surface area contributed by atoms with Crippen molar-refractivity contribution in [2.24, 2.45) is 0 Å². The smallest absolute Gasteiger partial charge is 0.0487 e. The summed E-state index contributed by atoms with van der Waals surface area (Å²) in [7, 11) is 1.72. The maximum absolute atomic E-state index is 5.98. The van der Waals surface area contributed by atoms with E-state index in [-0.39, 0.29) is 0 Å². The first-order valence-corrected chi connectivity index (χ1v) is 8.23. The van der Waals surface area contributed by atoms with Crippen molar-refractivity contribution < 1.29 is 9.47 Å². The van der Waals surface area contributed by atoms with Gasteiger partial charge >= 0.3 is 0 Å². The molecule has 4 heteroatoms. The van der Waals surface area contributed by atoms with E-state index in [4.69, 9.17) is 21.1 Å². The van der Waals surface area contributed by atoms with Gasteiger partial charge < -0.3 is 14.8 Å². The predicted molar refractivity (Wildman–Crippen MR) is 87.1 cm³/mol. The molecule has 0 aromatic heterocycles. The van der Waals surface area contributed by atoms with E-state index >= 15 is 0 Å². The molecule has 3 nitrogen and oxygen atoms in total. The Bertz CT molecular complexity index is 392. The van der Waals surface area contributed by atoms with Crippen molar-refractivity contribution in [2.75, 3.05) is 33.5 Å². The lowest BCUT2D eigenvalue weighted by molar-refractivity contribution is 0.0980. The quantitative estimate of drug-likeness (QED) is 0.633. The SMILES string of the molecule is COCCCOCCC(CNC1CC1)c1ccc(Cl)cc1. The Morgan fingerprint density at radius 1 is 1.19 bits per heavy atom. The average molecular weight is 312 g/mol. The lowest BCUT2D eigenvalue weighted by Crippen LogP contribution is -2.24. The van der Waals surface area contributed by atoms with Gasteiger partial charge in [-0.05, 0) is 49.3 Å². The largest absolute Gasteiger partial charge is 0.385 e. The normalized spacial score (nSPS) is 16.1. The van der Waals surface area contributed by atoms with Crippen LogP contribution in [-0.2, 0) is 9.47 Å². The molecule has 1 aromatic carbocycles. The van der Waals surface area contributed by atoms with E-state index < -0.39 is 0 Å². The van der Waals surface area contributed by atoms with E-state index in [1.54, 1.807) is 7.11 Å². The Labute approximate surface area is 133 Å². The highest BCUT2D eigenvalue weighted by atomic mass is 35.5. The second-order valence-electron chi connectivity index (χ2n) is 5.68. The van der Waals surface area contributed by atoms with Gasteiger partial charge in [-0.3, -0.25) is 0 Å². The third-order valence-electron chi connectivity index (χ3n) is 3.82. The summed E-state index contributed by atoms with van der Waals surface area (Å²) in [4.78, 5) is 0. The first kappa shape index (κ1) is 16.8. The molecule has 1 N–H and O–H groups in total. The molecule has 0 spiro atoms. The fourth-order valence-electron chi connectivity index (χ4n) is 2.35. The van der Waals surface area contributed by atoms with Gasteiger partial charge in [-0.2, -0.15) is 0 Å². The molecule has 0 heterocycles. The Hall–Kier alpha value is -0.610. The Kier molecular flexibility index (Phi) is 7.51. The van der Waals surface area contributed by atoms with Gasteiger partial charge in [0.2, 0.25) is 0 Å². The zero-order chi connectivity index (χ0) is 14.9. The standard InChI is InChI=1S/C17H26ClNO2/c1-20-10-2-11-21-12-9-15(13-19-17-7-8-17)14-3-5-16(18)6-4-14/h3-6,15,17,19H,2,7-13H2,1H3. The Morgan fingerprint density at radius 3 is 2.62 bits per heavy atom. The summed E-state index contributed by atoms with van der Waals surface area (Å²) in [5.41, 5.74) is 1.34. The molecule has 21 heavy (non-hydrogen) atoms. The van der Waals surface area contributed by atoms with Crippen LogP contribution in [0.1, 0.15) is 37.2 Å². The second kappa shape index (κ2) is 9.42. The van der Waals surface area contributed by atoms with E-state index in [0.29, 0.717) is 5.92 Å². The van der Waals surface area contributed by atoms with Gasteiger partial charge in [0.05, 0.1) is 0 Å². The first-order valence-electron chi connectivity index (χ1n) is 7.85. The van der Waals surface area contributed by atoms with Crippen LogP contribution in [0, 0.1) is 0 Å². The summed E-state index contributed by atoms with van der Waals surface area (Å²) in [5, 5.41) is 4.42. The van der Waals surface area contributed by atoms with Crippen LogP contribution < -0.4 is 5.32 Å². The van der Waals surface area contributed by atoms with Crippen LogP contribution in [0.2, 0.25) is 5.02 Å². The molecule has 1 atom stereocenters. The zero-order valence-electron chi connectivity index (χ0n) is 12.8. The van der Waals surface area contributed by atoms with E-state index in [1.807, 2.05) is 12.1 Å². The van der Waals surface area contributed by atoms with Gasteiger partial charge in [0.1, 0.15) is 0 Å². The number of halogens is 1. The lowest BCUT2D eigenvalue weighted by Gasteiger charge is -2.18. The number of benzene rings is 1. The minimum Gasteiger partial charge on any atom is -0.385 e. The average Bonchev–Trinajstić information content (AvgIpc) is 3.31. The van der Waals surface area contributed by atoms with Crippen LogP contribution in [0.3, 0.4) is 0 Å². The molecule has 0 aliphatic heterocycles. The van der Waals surface area contributed by atoms with E-state index in [1.165, 1.54) is 18.4 Å². The summed E-state index contributed by atoms with van der Waals surface area (Å²) in [6.07, 6.45) is 4.64. The fraction of sp³-hybridized carbons (Fsp3) is 0.647. The third-order valence-corrected chi connectivity index (χ3v) is 4.07. The minimum absolute atomic E-state index is 0.491. The van der Waals surface area contributed by atoms with Crippen molar-refractivity contribution in [2.45, 2.75) is 37.6 Å². The summed E-state index contributed by atoms with van der Waals surface area (Å²) in [5.74, 6) is 0.491. The monoisotopic (exact) mass is 311 g/mol. The molecule has 0 amide bonds. The van der Waals surface area contributed by atoms with Crippen LogP contribution in [0.5, 0.6) is 0 Å². The highest BCUT2D eigenvalue weighted by Crippen LogP contribution is 2.24. The van der Waals surface area contributed by atoms with Crippen LogP contribution in [0.4, 0.5) is 0 Å². The van der Waals surface area contributed by atoms with Crippen molar-refractivity contribution in [1.82, 2.24) is 5.32 Å². The number of ether oxygens (including phenoxy) is 2. The highest BCUT2D eigenvalue weighted by Gasteiger charge is 2.22. The number of hydrogen-bond donors (Lipinski definition) is 1. The minimum atomic E-state index is 0.491. The maximum atomic E-state index is 5.98. The van der Waals surface area contributed by atoms with Crippen molar-refractivity contribution in [3.8, 4) is 0 Å². The Balaban J connectivity index is 1.75. The van der Waals surface area contributed by atoms with E-state index in [0.717, 1.165) is 50.3 Å². The predicted octanol–water partition coefficient (Wildman–Crippen LogP) is 3.62. The van der Waals surface area contributed by atoms with Gasteiger partial charge in [0, 0.05) is 44.5 Å². The Morgan fingerprint density at radius 2 is 1.95 bits per heavy atom. The topological polar surface area (TPSA) is 30.5 Å². The number of rotatable bonds is 11. The second-order valence-corrected chi connectivity index (χ2v) is 6.11. The van der Waals surface area contributed by atoms with Gasteiger partial charge in [-0.25, -0.2) is 0 Å². The van der Waals surface area contributed by atoms with Crippen molar-refractivity contribution >= 4 is 11.6 Å². The maximum Gasteiger partial charge on any atom is 0.0487 e. The molecule has 118 valence electrons. The molecular weight excluding hydrogens is 286 g/mol. The number of methoxy groups -OCH3 is 1. The molecule has 1 fully saturated rings. The first-order chi connectivity index (χ1) is 10.3. The zero-order valence-corrected chi connectivity index (χ0v) is 13.6. The van der Waals surface area contributed by atoms with Gasteiger partial charge in [-0.15, -0.1) is 0 Å². The molecule has 1 aliphatic rings. The number of nitrogens with one attached hydrogen (secondary N) is 1. The van der Waals surface area contributed by atoms with Crippen molar-refractivity contribution in [3.05, 3.63) is 34.9 Å². The van der Waals surface area contributed by atoms with Gasteiger partial charge in [-0.1, -0.05) is 23.7 Å². The van der Waals surface area contributed by atoms with Crippen LogP contribution >= 0.6 is 11.6 Å². The third kappa shape index (κ3) is 6.79. The van der Waals surface area contributed by atoms with E-state index in [9.17, 15) is 0 Å². The molecule has 0 saturated heterocycles. The van der Waals surface area contributed by atoms with E-state index in [2.05, 4.69) is 17.4 Å². The van der Waals surface area contributed by atoms with Gasteiger partial charge in [0.15, 0.2) is 0 Å². The molecule has 1 unspecified atom stereocenters. The summed E-state index contributed by atoms with van der Waals surface area (Å²) in [6.45, 7) is 3.36. The molecule has 0 bridgehead atoms. The summed E-state index contributed by atoms with van der Waals surface area (Å²) < 4.78 is 10.7. The summed E-state index contributed by atoms with van der Waals surface area (Å²) >= 11 is 5.98. The molecule has 1 aliphatic carbocycles. The van der Waals surface area contributed by atoms with Gasteiger partial charge in [0.25, 0.3) is 0 Å². The van der Waals surface area contributed by atoms with Crippen molar-refractivity contribution in [3.63, 3.8) is 0 Å². The molecule has 1 saturated carbocycles. The fourth-order valence-corrected chi connectivity index (χ4v) is 2.48. The van der Waals surface area contributed by atoms with Crippen molar-refractivity contribution in [1.29, 1.82) is 0 Å². The molecule has 1 aromatic rings. The number of hydrogen-bond acceptors (Lipinski definition) is 3. The van der Waals surface area contributed by atoms with Crippen LogP contribution in [0.25, 0.3) is 0 Å². The highest BCUT2D eigenvalue weighted by molar-refractivity contribution is 6.30. The molecule has 0 radical (unpaired) electrons.